The summed E-state index contributed by atoms with van der Waals surface area (Å²) in [6, 6.07) is 0.760. The van der Waals surface area contributed by atoms with Gasteiger partial charge in [0, 0.05) is 19.1 Å². The van der Waals surface area contributed by atoms with E-state index in [0.717, 1.165) is 19.4 Å². The van der Waals surface area contributed by atoms with Crippen LogP contribution in [0.5, 0.6) is 0 Å². The van der Waals surface area contributed by atoms with Gasteiger partial charge in [-0.3, -0.25) is 9.69 Å². The molecule has 2 unspecified atom stereocenters. The highest BCUT2D eigenvalue weighted by Gasteiger charge is 2.37. The van der Waals surface area contributed by atoms with Crippen molar-refractivity contribution >= 4 is 5.91 Å². The second-order valence-electron chi connectivity index (χ2n) is 7.33. The third-order valence-corrected chi connectivity index (χ3v) is 5.87. The van der Waals surface area contributed by atoms with Crippen molar-refractivity contribution in [1.29, 1.82) is 0 Å². The van der Waals surface area contributed by atoms with Crippen molar-refractivity contribution < 1.29 is 14.6 Å². The molecular weight excluding hydrogens is 292 g/mol. The van der Waals surface area contributed by atoms with Gasteiger partial charge in [-0.1, -0.05) is 32.1 Å². The molecule has 1 saturated heterocycles. The molecule has 1 amide bonds. The van der Waals surface area contributed by atoms with Crippen molar-refractivity contribution in [2.45, 2.75) is 76.0 Å². The van der Waals surface area contributed by atoms with E-state index in [4.69, 9.17) is 4.74 Å². The lowest BCUT2D eigenvalue weighted by Gasteiger charge is -2.45. The zero-order valence-electron chi connectivity index (χ0n) is 14.3. The van der Waals surface area contributed by atoms with Crippen LogP contribution in [-0.2, 0) is 9.53 Å². The molecular formula is C18H32N2O3. The summed E-state index contributed by atoms with van der Waals surface area (Å²) in [7, 11) is 0. The first-order valence-corrected chi connectivity index (χ1v) is 9.55. The molecule has 2 saturated carbocycles. The summed E-state index contributed by atoms with van der Waals surface area (Å²) in [5, 5.41) is 9.39. The van der Waals surface area contributed by atoms with E-state index in [2.05, 4.69) is 9.80 Å². The number of carbonyl (C=O) groups excluding carboxylic acids is 1. The molecule has 5 nitrogen and oxygen atoms in total. The predicted octanol–water partition coefficient (Wildman–Crippen LogP) is 1.78. The van der Waals surface area contributed by atoms with Gasteiger partial charge in [-0.2, -0.15) is 0 Å². The summed E-state index contributed by atoms with van der Waals surface area (Å²) in [6.45, 7) is 2.64. The zero-order chi connectivity index (χ0) is 16.1. The van der Waals surface area contributed by atoms with Crippen LogP contribution < -0.4 is 0 Å². The van der Waals surface area contributed by atoms with Crippen molar-refractivity contribution in [2.75, 3.05) is 32.8 Å². The Morgan fingerprint density at radius 2 is 1.83 bits per heavy atom. The molecule has 23 heavy (non-hydrogen) atoms. The Balaban J connectivity index is 1.60. The average molecular weight is 324 g/mol. The number of carbonyl (C=O) groups is 1. The molecule has 1 heterocycles. The van der Waals surface area contributed by atoms with Crippen LogP contribution in [0.15, 0.2) is 0 Å². The van der Waals surface area contributed by atoms with Crippen LogP contribution in [0.4, 0.5) is 0 Å². The van der Waals surface area contributed by atoms with Crippen LogP contribution in [-0.4, -0.2) is 71.8 Å². The van der Waals surface area contributed by atoms with Gasteiger partial charge in [-0.25, -0.2) is 0 Å². The summed E-state index contributed by atoms with van der Waals surface area (Å²) < 4.78 is 5.88. The minimum Gasteiger partial charge on any atom is -0.395 e. The lowest BCUT2D eigenvalue weighted by atomic mass is 9.90. The second-order valence-corrected chi connectivity index (χ2v) is 7.33. The summed E-state index contributed by atoms with van der Waals surface area (Å²) in [5.41, 5.74) is 0. The molecule has 0 radical (unpaired) electrons. The van der Waals surface area contributed by atoms with Gasteiger partial charge in [-0.15, -0.1) is 0 Å². The highest BCUT2D eigenvalue weighted by Crippen LogP contribution is 2.29. The van der Waals surface area contributed by atoms with E-state index >= 15 is 0 Å². The van der Waals surface area contributed by atoms with E-state index in [9.17, 15) is 9.90 Å². The Morgan fingerprint density at radius 3 is 2.61 bits per heavy atom. The smallest absolute Gasteiger partial charge is 0.237 e. The number of aliphatic hydroxyl groups excluding tert-OH is 1. The van der Waals surface area contributed by atoms with Gasteiger partial charge < -0.3 is 14.7 Å². The van der Waals surface area contributed by atoms with E-state index in [0.29, 0.717) is 25.7 Å². The van der Waals surface area contributed by atoms with Gasteiger partial charge in [0.1, 0.15) is 0 Å². The van der Waals surface area contributed by atoms with E-state index in [1.165, 1.54) is 44.9 Å². The van der Waals surface area contributed by atoms with Gasteiger partial charge in [0.05, 0.1) is 31.9 Å². The Hall–Kier alpha value is -0.650. The molecule has 3 fully saturated rings. The fraction of sp³-hybridized carbons (Fsp3) is 0.944. The summed E-state index contributed by atoms with van der Waals surface area (Å²) in [6.07, 6.45) is 11.0. The Bertz CT molecular complexity index is 382. The van der Waals surface area contributed by atoms with Crippen LogP contribution in [0.3, 0.4) is 0 Å². The minimum atomic E-state index is 0.138. The molecule has 2 atom stereocenters. The highest BCUT2D eigenvalue weighted by atomic mass is 16.5. The maximum atomic E-state index is 12.9. The number of hydrogen-bond donors (Lipinski definition) is 1. The third-order valence-electron chi connectivity index (χ3n) is 5.87. The van der Waals surface area contributed by atoms with E-state index < -0.39 is 0 Å². The molecule has 0 aromatic rings. The predicted molar refractivity (Wildman–Crippen MR) is 89.2 cm³/mol. The molecule has 2 aliphatic carbocycles. The first kappa shape index (κ1) is 17.2. The first-order valence-electron chi connectivity index (χ1n) is 9.55. The number of fused-ring (bicyclic) bond motifs is 1. The molecule has 5 heteroatoms. The molecule has 1 N–H and O–H groups in total. The van der Waals surface area contributed by atoms with E-state index in [1.54, 1.807) is 0 Å². The Labute approximate surface area is 140 Å². The summed E-state index contributed by atoms with van der Waals surface area (Å²) in [5.74, 6) is 0.240. The van der Waals surface area contributed by atoms with Crippen molar-refractivity contribution in [3.63, 3.8) is 0 Å². The topological polar surface area (TPSA) is 53.0 Å². The molecule has 0 bridgehead atoms. The Morgan fingerprint density at radius 1 is 1.09 bits per heavy atom. The van der Waals surface area contributed by atoms with Crippen LogP contribution >= 0.6 is 0 Å². The first-order chi connectivity index (χ1) is 11.3. The molecule has 0 aromatic carbocycles. The summed E-state index contributed by atoms with van der Waals surface area (Å²) in [4.78, 5) is 17.2. The van der Waals surface area contributed by atoms with Crippen LogP contribution in [0.25, 0.3) is 0 Å². The highest BCUT2D eigenvalue weighted by molar-refractivity contribution is 5.79. The van der Waals surface area contributed by atoms with Crippen LogP contribution in [0, 0.1) is 0 Å². The SMILES string of the molecule is O=C(CN(CCO)C1CCCCC1)N1CCOC2CCCCC21. The number of hydrogen-bond acceptors (Lipinski definition) is 4. The fourth-order valence-electron chi connectivity index (χ4n) is 4.64. The third kappa shape index (κ3) is 4.25. The van der Waals surface area contributed by atoms with Crippen molar-refractivity contribution in [1.82, 2.24) is 9.80 Å². The fourth-order valence-corrected chi connectivity index (χ4v) is 4.64. The maximum absolute atomic E-state index is 12.9. The quantitative estimate of drug-likeness (QED) is 0.838. The standard InChI is InChI=1S/C18H32N2O3/c21-12-10-19(15-6-2-1-3-7-15)14-18(22)20-11-13-23-17-9-5-4-8-16(17)20/h15-17,21H,1-14H2. The molecule has 1 aliphatic heterocycles. The monoisotopic (exact) mass is 324 g/mol. The van der Waals surface area contributed by atoms with Crippen molar-refractivity contribution in [3.05, 3.63) is 0 Å². The van der Waals surface area contributed by atoms with E-state index in [-0.39, 0.29) is 24.7 Å². The van der Waals surface area contributed by atoms with Gasteiger partial charge >= 0.3 is 0 Å². The van der Waals surface area contributed by atoms with Crippen LogP contribution in [0.2, 0.25) is 0 Å². The average Bonchev–Trinajstić information content (AvgIpc) is 2.61. The van der Waals surface area contributed by atoms with Crippen molar-refractivity contribution in [2.24, 2.45) is 0 Å². The van der Waals surface area contributed by atoms with Gasteiger partial charge in [0.25, 0.3) is 0 Å². The molecule has 0 spiro atoms. The maximum Gasteiger partial charge on any atom is 0.237 e. The minimum absolute atomic E-state index is 0.138. The number of aliphatic hydroxyl groups is 1. The lowest BCUT2D eigenvalue weighted by Crippen LogP contribution is -2.57. The van der Waals surface area contributed by atoms with Gasteiger partial charge in [-0.05, 0) is 25.7 Å². The van der Waals surface area contributed by atoms with Crippen LogP contribution in [0.1, 0.15) is 57.8 Å². The number of morpholine rings is 1. The Kier molecular flexibility index (Phi) is 6.31. The molecule has 3 rings (SSSR count). The molecule has 132 valence electrons. The number of ether oxygens (including phenoxy) is 1. The lowest BCUT2D eigenvalue weighted by molar-refractivity contribution is -0.151. The molecule has 3 aliphatic rings. The van der Waals surface area contributed by atoms with E-state index in [1.807, 2.05) is 0 Å². The van der Waals surface area contributed by atoms with Gasteiger partial charge in [0.2, 0.25) is 5.91 Å². The molecule has 0 aromatic heterocycles. The number of rotatable bonds is 5. The normalized spacial score (nSPS) is 29.6. The van der Waals surface area contributed by atoms with Crippen molar-refractivity contribution in [3.8, 4) is 0 Å². The van der Waals surface area contributed by atoms with Gasteiger partial charge in [0.15, 0.2) is 0 Å². The summed E-state index contributed by atoms with van der Waals surface area (Å²) >= 11 is 0. The largest absolute Gasteiger partial charge is 0.395 e. The zero-order valence-corrected chi connectivity index (χ0v) is 14.3. The number of nitrogens with zero attached hydrogens (tertiary/aromatic N) is 2. The second kappa shape index (κ2) is 8.45. The number of amides is 1.